The average molecular weight is 436 g/mol. The number of ether oxygens (including phenoxy) is 1. The summed E-state index contributed by atoms with van der Waals surface area (Å²) in [5, 5.41) is 12.6. The minimum atomic E-state index is -1.08. The lowest BCUT2D eigenvalue weighted by atomic mass is 10.1. The van der Waals surface area contributed by atoms with Gasteiger partial charge in [0.15, 0.2) is 0 Å². The van der Waals surface area contributed by atoms with Gasteiger partial charge in [-0.1, -0.05) is 72.3 Å². The third-order valence-electron chi connectivity index (χ3n) is 4.56. The van der Waals surface area contributed by atoms with Crippen LogP contribution >= 0.6 is 11.6 Å². The summed E-state index contributed by atoms with van der Waals surface area (Å²) in [6, 6.07) is 22.9. The predicted molar refractivity (Wildman–Crippen MR) is 121 cm³/mol. The maximum atomic E-state index is 12.2. The molecular formula is C25H22ClNO4. The summed E-state index contributed by atoms with van der Waals surface area (Å²) in [4.78, 5) is 23.7. The van der Waals surface area contributed by atoms with Gasteiger partial charge in [0.2, 0.25) is 5.91 Å². The molecule has 3 aromatic carbocycles. The first-order chi connectivity index (χ1) is 15.0. The van der Waals surface area contributed by atoms with Gasteiger partial charge in [-0.25, -0.2) is 4.79 Å². The number of aliphatic carboxylic acids is 1. The molecule has 0 aliphatic carbocycles. The monoisotopic (exact) mass is 435 g/mol. The molecule has 0 radical (unpaired) electrons. The lowest BCUT2D eigenvalue weighted by molar-refractivity contribution is -0.141. The third kappa shape index (κ3) is 7.01. The zero-order valence-electron chi connectivity index (χ0n) is 16.7. The molecule has 1 amide bonds. The van der Waals surface area contributed by atoms with Crippen molar-refractivity contribution in [1.82, 2.24) is 5.32 Å². The SMILES string of the molecule is O=C(/C=C/c1ccc(OCc2ccccc2Cl)cc1)NC(Cc1ccccc1)C(=O)O. The number of halogens is 1. The zero-order valence-corrected chi connectivity index (χ0v) is 17.5. The van der Waals surface area contributed by atoms with E-state index in [0.29, 0.717) is 17.4 Å². The Bertz CT molecular complexity index is 1050. The van der Waals surface area contributed by atoms with Crippen LogP contribution in [0.5, 0.6) is 5.75 Å². The van der Waals surface area contributed by atoms with Crippen molar-refractivity contribution in [3.05, 3.63) is 107 Å². The molecule has 0 fully saturated rings. The van der Waals surface area contributed by atoms with E-state index in [0.717, 1.165) is 16.7 Å². The van der Waals surface area contributed by atoms with Crippen molar-refractivity contribution < 1.29 is 19.4 Å². The van der Waals surface area contributed by atoms with Crippen molar-refractivity contribution in [3.63, 3.8) is 0 Å². The standard InChI is InChI=1S/C25H22ClNO4/c26-22-9-5-4-8-20(22)17-31-21-13-10-18(11-14-21)12-15-24(28)27-23(25(29)30)16-19-6-2-1-3-7-19/h1-15,23H,16-17H2,(H,27,28)(H,29,30)/b15-12+. The normalized spacial score (nSPS) is 11.8. The number of carboxylic acids is 1. The lowest BCUT2D eigenvalue weighted by Crippen LogP contribution is -2.41. The van der Waals surface area contributed by atoms with Crippen LogP contribution < -0.4 is 10.1 Å². The molecule has 0 bridgehead atoms. The highest BCUT2D eigenvalue weighted by Gasteiger charge is 2.19. The quantitative estimate of drug-likeness (QED) is 0.476. The molecule has 0 aliphatic rings. The Balaban J connectivity index is 1.53. The van der Waals surface area contributed by atoms with Gasteiger partial charge in [-0.2, -0.15) is 0 Å². The van der Waals surface area contributed by atoms with Crippen LogP contribution in [-0.4, -0.2) is 23.0 Å². The van der Waals surface area contributed by atoms with Gasteiger partial charge < -0.3 is 15.2 Å². The van der Waals surface area contributed by atoms with E-state index in [1.807, 2.05) is 66.7 Å². The predicted octanol–water partition coefficient (Wildman–Crippen LogP) is 4.74. The average Bonchev–Trinajstić information content (AvgIpc) is 2.78. The molecule has 0 aliphatic heterocycles. The molecule has 158 valence electrons. The van der Waals surface area contributed by atoms with E-state index in [-0.39, 0.29) is 6.42 Å². The highest BCUT2D eigenvalue weighted by Crippen LogP contribution is 2.19. The number of benzene rings is 3. The number of carboxylic acid groups (broad SMARTS) is 1. The van der Waals surface area contributed by atoms with Crippen molar-refractivity contribution in [1.29, 1.82) is 0 Å². The van der Waals surface area contributed by atoms with Crippen molar-refractivity contribution in [2.75, 3.05) is 0 Å². The first-order valence-corrected chi connectivity index (χ1v) is 10.1. The van der Waals surface area contributed by atoms with Gasteiger partial charge in [-0.15, -0.1) is 0 Å². The van der Waals surface area contributed by atoms with E-state index >= 15 is 0 Å². The Hall–Kier alpha value is -3.57. The number of amides is 1. The van der Waals surface area contributed by atoms with Gasteiger partial charge in [0.1, 0.15) is 18.4 Å². The van der Waals surface area contributed by atoms with E-state index in [9.17, 15) is 14.7 Å². The van der Waals surface area contributed by atoms with Gasteiger partial charge in [-0.3, -0.25) is 4.79 Å². The summed E-state index contributed by atoms with van der Waals surface area (Å²) in [6.07, 6.45) is 3.16. The topological polar surface area (TPSA) is 75.6 Å². The molecule has 31 heavy (non-hydrogen) atoms. The van der Waals surface area contributed by atoms with Crippen molar-refractivity contribution in [2.24, 2.45) is 0 Å². The summed E-state index contributed by atoms with van der Waals surface area (Å²) in [5.74, 6) is -0.872. The second-order valence-electron chi connectivity index (χ2n) is 6.87. The fourth-order valence-corrected chi connectivity index (χ4v) is 3.08. The molecule has 2 N–H and O–H groups in total. The van der Waals surface area contributed by atoms with E-state index < -0.39 is 17.9 Å². The number of hydrogen-bond donors (Lipinski definition) is 2. The van der Waals surface area contributed by atoms with Crippen LogP contribution in [0.1, 0.15) is 16.7 Å². The first kappa shape index (κ1) is 22.1. The molecule has 6 heteroatoms. The molecule has 1 unspecified atom stereocenters. The highest BCUT2D eigenvalue weighted by atomic mass is 35.5. The lowest BCUT2D eigenvalue weighted by Gasteiger charge is -2.13. The second-order valence-corrected chi connectivity index (χ2v) is 7.28. The van der Waals surface area contributed by atoms with Crippen LogP contribution in [-0.2, 0) is 22.6 Å². The number of carbonyl (C=O) groups is 2. The van der Waals surface area contributed by atoms with Crippen molar-refractivity contribution in [2.45, 2.75) is 19.1 Å². The van der Waals surface area contributed by atoms with E-state index in [4.69, 9.17) is 16.3 Å². The molecule has 0 saturated carbocycles. The maximum Gasteiger partial charge on any atom is 0.326 e. The Morgan fingerprint density at radius 1 is 0.968 bits per heavy atom. The maximum absolute atomic E-state index is 12.2. The summed E-state index contributed by atoms with van der Waals surface area (Å²) < 4.78 is 5.74. The van der Waals surface area contributed by atoms with Crippen LogP contribution in [0.4, 0.5) is 0 Å². The third-order valence-corrected chi connectivity index (χ3v) is 4.93. The van der Waals surface area contributed by atoms with Gasteiger partial charge in [0.25, 0.3) is 0 Å². The molecule has 0 saturated heterocycles. The van der Waals surface area contributed by atoms with E-state index in [1.54, 1.807) is 18.2 Å². The van der Waals surface area contributed by atoms with Crippen LogP contribution in [0.25, 0.3) is 6.08 Å². The minimum absolute atomic E-state index is 0.215. The molecule has 0 aromatic heterocycles. The first-order valence-electron chi connectivity index (χ1n) is 9.73. The van der Waals surface area contributed by atoms with Crippen molar-refractivity contribution >= 4 is 29.6 Å². The Morgan fingerprint density at radius 2 is 1.65 bits per heavy atom. The fraction of sp³-hybridized carbons (Fsp3) is 0.120. The number of hydrogen-bond acceptors (Lipinski definition) is 3. The Morgan fingerprint density at radius 3 is 2.32 bits per heavy atom. The van der Waals surface area contributed by atoms with E-state index in [2.05, 4.69) is 5.32 Å². The van der Waals surface area contributed by atoms with Crippen molar-refractivity contribution in [3.8, 4) is 5.75 Å². The fourth-order valence-electron chi connectivity index (χ4n) is 2.89. The minimum Gasteiger partial charge on any atom is -0.489 e. The molecular weight excluding hydrogens is 414 g/mol. The molecule has 1 atom stereocenters. The number of rotatable bonds is 9. The largest absolute Gasteiger partial charge is 0.489 e. The van der Waals surface area contributed by atoms with Crippen LogP contribution in [0.15, 0.2) is 84.9 Å². The van der Waals surface area contributed by atoms with Gasteiger partial charge in [-0.05, 0) is 35.4 Å². The van der Waals surface area contributed by atoms with Crippen LogP contribution in [0.2, 0.25) is 5.02 Å². The Kier molecular flexibility index (Phi) is 7.85. The molecule has 3 aromatic rings. The molecule has 0 heterocycles. The number of carbonyl (C=O) groups excluding carboxylic acids is 1. The van der Waals surface area contributed by atoms with Crippen LogP contribution in [0, 0.1) is 0 Å². The smallest absolute Gasteiger partial charge is 0.326 e. The second kappa shape index (κ2) is 11.0. The van der Waals surface area contributed by atoms with Gasteiger partial charge >= 0.3 is 5.97 Å². The molecule has 5 nitrogen and oxygen atoms in total. The highest BCUT2D eigenvalue weighted by molar-refractivity contribution is 6.31. The molecule has 0 spiro atoms. The van der Waals surface area contributed by atoms with Gasteiger partial charge in [0.05, 0.1) is 0 Å². The van der Waals surface area contributed by atoms with E-state index in [1.165, 1.54) is 6.08 Å². The zero-order chi connectivity index (χ0) is 22.1. The number of nitrogens with one attached hydrogen (secondary N) is 1. The Labute approximate surface area is 185 Å². The summed E-state index contributed by atoms with van der Waals surface area (Å²) in [5.41, 5.74) is 2.52. The summed E-state index contributed by atoms with van der Waals surface area (Å²) in [7, 11) is 0. The summed E-state index contributed by atoms with van der Waals surface area (Å²) >= 11 is 6.12. The van der Waals surface area contributed by atoms with Gasteiger partial charge in [0, 0.05) is 23.1 Å². The van der Waals surface area contributed by atoms with Crippen LogP contribution in [0.3, 0.4) is 0 Å². The molecule has 3 rings (SSSR count). The summed E-state index contributed by atoms with van der Waals surface area (Å²) in [6.45, 7) is 0.356.